The normalized spacial score (nSPS) is 38.9. The lowest BCUT2D eigenvalue weighted by atomic mass is 9.80. The summed E-state index contributed by atoms with van der Waals surface area (Å²) in [5.41, 5.74) is 0. The minimum Gasteiger partial charge on any atom is -0.300 e. The topological polar surface area (TPSA) is 17.1 Å². The van der Waals surface area contributed by atoms with E-state index in [4.69, 9.17) is 11.6 Å². The number of Topliss-reactive ketones (excluding diaryl/α,β-unsaturated/α-hetero) is 1. The van der Waals surface area contributed by atoms with Crippen molar-refractivity contribution in [3.05, 3.63) is 0 Å². The summed E-state index contributed by atoms with van der Waals surface area (Å²) in [6.07, 6.45) is 7.92. The quantitative estimate of drug-likeness (QED) is 0.612. The van der Waals surface area contributed by atoms with Gasteiger partial charge in [0.1, 0.15) is 5.78 Å². The van der Waals surface area contributed by atoms with Crippen molar-refractivity contribution in [1.82, 2.24) is 0 Å². The summed E-state index contributed by atoms with van der Waals surface area (Å²) in [6, 6.07) is 0. The first-order chi connectivity index (χ1) is 6.81. The van der Waals surface area contributed by atoms with Crippen LogP contribution in [-0.4, -0.2) is 11.7 Å². The lowest BCUT2D eigenvalue weighted by molar-refractivity contribution is -0.121. The summed E-state index contributed by atoms with van der Waals surface area (Å²) < 4.78 is 0. The molecule has 0 aliphatic heterocycles. The summed E-state index contributed by atoms with van der Waals surface area (Å²) >= 11 is 5.96. The molecular formula is C12H19ClO. The maximum absolute atomic E-state index is 11.6. The van der Waals surface area contributed by atoms with Crippen molar-refractivity contribution in [2.45, 2.75) is 44.9 Å². The molecule has 0 spiro atoms. The third kappa shape index (κ3) is 2.13. The first kappa shape index (κ1) is 10.5. The van der Waals surface area contributed by atoms with Crippen LogP contribution in [0.5, 0.6) is 0 Å². The second-order valence-corrected chi connectivity index (χ2v) is 5.21. The molecule has 0 unspecified atom stereocenters. The van der Waals surface area contributed by atoms with E-state index in [-0.39, 0.29) is 0 Å². The van der Waals surface area contributed by atoms with Gasteiger partial charge in [-0.2, -0.15) is 0 Å². The lowest BCUT2D eigenvalue weighted by Crippen LogP contribution is -2.22. The van der Waals surface area contributed by atoms with E-state index in [1.54, 1.807) is 0 Å². The largest absolute Gasteiger partial charge is 0.300 e. The van der Waals surface area contributed by atoms with Crippen molar-refractivity contribution in [2.75, 3.05) is 5.88 Å². The molecule has 14 heavy (non-hydrogen) atoms. The summed E-state index contributed by atoms with van der Waals surface area (Å²) in [5.74, 6) is 3.30. The highest BCUT2D eigenvalue weighted by molar-refractivity contribution is 6.18. The van der Waals surface area contributed by atoms with Gasteiger partial charge in [-0.3, -0.25) is 4.79 Å². The van der Waals surface area contributed by atoms with Gasteiger partial charge in [-0.05, 0) is 37.0 Å². The molecule has 0 amide bonds. The molecule has 0 N–H and O–H groups in total. The number of carbonyl (C=O) groups is 1. The van der Waals surface area contributed by atoms with Crippen molar-refractivity contribution < 1.29 is 4.79 Å². The molecule has 0 aromatic heterocycles. The van der Waals surface area contributed by atoms with Gasteiger partial charge < -0.3 is 0 Å². The molecule has 2 rings (SSSR count). The van der Waals surface area contributed by atoms with Gasteiger partial charge in [-0.25, -0.2) is 0 Å². The third-order valence-corrected chi connectivity index (χ3v) is 4.46. The number of halogens is 1. The van der Waals surface area contributed by atoms with Crippen LogP contribution in [0, 0.1) is 17.8 Å². The predicted octanol–water partition coefficient (Wildman–Crippen LogP) is 3.40. The lowest BCUT2D eigenvalue weighted by Gasteiger charge is -2.25. The second-order valence-electron chi connectivity index (χ2n) is 4.90. The summed E-state index contributed by atoms with van der Waals surface area (Å²) in [7, 11) is 0. The first-order valence-electron chi connectivity index (χ1n) is 5.89. The zero-order valence-corrected chi connectivity index (χ0v) is 9.43. The van der Waals surface area contributed by atoms with Crippen molar-refractivity contribution in [3.63, 3.8) is 0 Å². The van der Waals surface area contributed by atoms with Crippen molar-refractivity contribution in [3.8, 4) is 0 Å². The Bertz CT molecular complexity index is 214. The van der Waals surface area contributed by atoms with Crippen LogP contribution < -0.4 is 0 Å². The zero-order valence-electron chi connectivity index (χ0n) is 8.68. The molecule has 2 fully saturated rings. The van der Waals surface area contributed by atoms with Gasteiger partial charge in [0.2, 0.25) is 0 Å². The number of alkyl halides is 1. The molecule has 0 bridgehead atoms. The Morgan fingerprint density at radius 3 is 2.86 bits per heavy atom. The molecule has 2 aliphatic rings. The molecule has 0 aromatic carbocycles. The average molecular weight is 215 g/mol. The molecule has 0 saturated heterocycles. The van der Waals surface area contributed by atoms with E-state index < -0.39 is 0 Å². The van der Waals surface area contributed by atoms with Crippen LogP contribution in [0.25, 0.3) is 0 Å². The van der Waals surface area contributed by atoms with Crippen LogP contribution >= 0.6 is 11.6 Å². The van der Waals surface area contributed by atoms with Crippen LogP contribution in [0.4, 0.5) is 0 Å². The highest BCUT2D eigenvalue weighted by atomic mass is 35.5. The Kier molecular flexibility index (Phi) is 3.48. The fraction of sp³-hybridized carbons (Fsp3) is 0.917. The minimum atomic E-state index is 0.483. The molecule has 0 heterocycles. The Balaban J connectivity index is 2.04. The third-order valence-electron chi connectivity index (χ3n) is 4.06. The van der Waals surface area contributed by atoms with Gasteiger partial charge in [-0.1, -0.05) is 12.8 Å². The molecule has 2 aliphatic carbocycles. The Morgan fingerprint density at radius 1 is 1.21 bits per heavy atom. The van der Waals surface area contributed by atoms with E-state index in [9.17, 15) is 4.79 Å². The molecule has 0 aromatic rings. The van der Waals surface area contributed by atoms with Crippen molar-refractivity contribution >= 4 is 17.4 Å². The molecule has 2 saturated carbocycles. The Hall–Kier alpha value is -0.0400. The highest BCUT2D eigenvalue weighted by Crippen LogP contribution is 2.43. The number of carbonyl (C=O) groups excluding carboxylic acids is 1. The fourth-order valence-corrected chi connectivity index (χ4v) is 3.60. The number of ketones is 1. The van der Waals surface area contributed by atoms with Crippen LogP contribution in [0.3, 0.4) is 0 Å². The number of rotatable bonds is 1. The summed E-state index contributed by atoms with van der Waals surface area (Å²) in [6.45, 7) is 0. The van der Waals surface area contributed by atoms with Crippen LogP contribution in [-0.2, 0) is 4.79 Å². The molecular weight excluding hydrogens is 196 g/mol. The average Bonchev–Trinajstić information content (AvgIpc) is 2.51. The van der Waals surface area contributed by atoms with E-state index in [0.29, 0.717) is 17.6 Å². The molecule has 1 nitrogen and oxygen atoms in total. The highest BCUT2D eigenvalue weighted by Gasteiger charge is 2.36. The van der Waals surface area contributed by atoms with Crippen molar-refractivity contribution in [2.24, 2.45) is 17.8 Å². The van der Waals surface area contributed by atoms with Crippen LogP contribution in [0.1, 0.15) is 44.9 Å². The molecule has 80 valence electrons. The van der Waals surface area contributed by atoms with E-state index in [2.05, 4.69) is 0 Å². The second kappa shape index (κ2) is 4.65. The molecule has 0 radical (unpaired) electrons. The standard InChI is InChI=1S/C12H19ClO/c13-8-10-6-5-9-3-1-2-4-11(14)7-12(9)10/h9-10,12H,1-8H2/t9-,10+,12+/m0/s1. The van der Waals surface area contributed by atoms with Gasteiger partial charge in [0.05, 0.1) is 0 Å². The number of hydrogen-bond acceptors (Lipinski definition) is 1. The predicted molar refractivity (Wildman–Crippen MR) is 58.5 cm³/mol. The monoisotopic (exact) mass is 214 g/mol. The maximum Gasteiger partial charge on any atom is 0.133 e. The Labute approximate surface area is 91.2 Å². The van der Waals surface area contributed by atoms with E-state index in [1.807, 2.05) is 0 Å². The van der Waals surface area contributed by atoms with E-state index >= 15 is 0 Å². The zero-order chi connectivity index (χ0) is 9.97. The smallest absolute Gasteiger partial charge is 0.133 e. The SMILES string of the molecule is O=C1CCCC[C@H]2CC[C@H](CCl)[C@@H]2C1. The minimum absolute atomic E-state index is 0.483. The molecule has 3 atom stereocenters. The van der Waals surface area contributed by atoms with Gasteiger partial charge >= 0.3 is 0 Å². The van der Waals surface area contributed by atoms with Gasteiger partial charge in [0.25, 0.3) is 0 Å². The van der Waals surface area contributed by atoms with Gasteiger partial charge in [0, 0.05) is 18.7 Å². The fourth-order valence-electron chi connectivity index (χ4n) is 3.22. The molecule has 2 heteroatoms. The Morgan fingerprint density at radius 2 is 2.07 bits per heavy atom. The van der Waals surface area contributed by atoms with E-state index in [0.717, 1.165) is 31.1 Å². The van der Waals surface area contributed by atoms with Crippen molar-refractivity contribution in [1.29, 1.82) is 0 Å². The summed E-state index contributed by atoms with van der Waals surface area (Å²) in [5, 5.41) is 0. The van der Waals surface area contributed by atoms with E-state index in [1.165, 1.54) is 25.7 Å². The van der Waals surface area contributed by atoms with Gasteiger partial charge in [-0.15, -0.1) is 11.6 Å². The number of fused-ring (bicyclic) bond motifs is 1. The first-order valence-corrected chi connectivity index (χ1v) is 6.42. The maximum atomic E-state index is 11.6. The van der Waals surface area contributed by atoms with Gasteiger partial charge in [0.15, 0.2) is 0 Å². The van der Waals surface area contributed by atoms with Crippen LogP contribution in [0.15, 0.2) is 0 Å². The van der Waals surface area contributed by atoms with Crippen LogP contribution in [0.2, 0.25) is 0 Å². The summed E-state index contributed by atoms with van der Waals surface area (Å²) in [4.78, 5) is 11.6. The number of hydrogen-bond donors (Lipinski definition) is 0.